The molecule has 0 radical (unpaired) electrons. The summed E-state index contributed by atoms with van der Waals surface area (Å²) in [7, 11) is 0. The fourth-order valence-electron chi connectivity index (χ4n) is 3.67. The molecule has 0 saturated carbocycles. The molecule has 9 N–H and O–H groups in total. The van der Waals surface area contributed by atoms with Crippen molar-refractivity contribution >= 4 is 6.09 Å². The number of alkyl carbamates (subject to hydrolysis) is 1. The molecule has 34 heavy (non-hydrogen) atoms. The zero-order chi connectivity index (χ0) is 25.0. The Morgan fingerprint density at radius 2 is 1.65 bits per heavy atom. The van der Waals surface area contributed by atoms with Gasteiger partial charge in [-0.25, -0.2) is 4.79 Å². The van der Waals surface area contributed by atoms with Gasteiger partial charge in [0.15, 0.2) is 18.3 Å². The second-order valence-corrected chi connectivity index (χ2v) is 7.98. The SMILES string of the molecule is O=C(N[C@]1(CO)O[C@H](O[C@H]2[C@H](O)[C@@H](O)[C@H](O)O[C@@H]2CO)[C@H](O)[C@@H](O)[C@H]1O)OCc1ccccc1. The molecule has 1 amide bonds. The van der Waals surface area contributed by atoms with Crippen LogP contribution in [0.3, 0.4) is 0 Å². The third-order valence-electron chi connectivity index (χ3n) is 5.65. The van der Waals surface area contributed by atoms with Gasteiger partial charge in [-0.3, -0.25) is 5.32 Å². The number of benzene rings is 1. The predicted molar refractivity (Wildman–Crippen MR) is 107 cm³/mol. The number of carbonyl (C=O) groups is 1. The quantitative estimate of drug-likeness (QED) is 0.177. The molecule has 1 aromatic rings. The summed E-state index contributed by atoms with van der Waals surface area (Å²) in [6.45, 7) is -2.05. The maximum atomic E-state index is 12.3. The molecule has 2 aliphatic rings. The predicted octanol–water partition coefficient (Wildman–Crippen LogP) is -4.14. The minimum absolute atomic E-state index is 0.167. The van der Waals surface area contributed by atoms with Gasteiger partial charge >= 0.3 is 6.09 Å². The van der Waals surface area contributed by atoms with Gasteiger partial charge in [-0.2, -0.15) is 0 Å². The fraction of sp³-hybridized carbons (Fsp3) is 0.650. The highest BCUT2D eigenvalue weighted by Gasteiger charge is 2.57. The van der Waals surface area contributed by atoms with E-state index in [-0.39, 0.29) is 6.61 Å². The molecule has 2 fully saturated rings. The lowest BCUT2D eigenvalue weighted by Gasteiger charge is -2.49. The van der Waals surface area contributed by atoms with Crippen LogP contribution in [0.2, 0.25) is 0 Å². The van der Waals surface area contributed by atoms with Crippen LogP contribution in [0.4, 0.5) is 4.79 Å². The molecular weight excluding hydrogens is 462 g/mol. The molecule has 14 heteroatoms. The number of carbonyl (C=O) groups excluding carboxylic acids is 1. The lowest BCUT2D eigenvalue weighted by molar-refractivity contribution is -0.378. The topological polar surface area (TPSA) is 228 Å². The lowest BCUT2D eigenvalue weighted by Crippen LogP contribution is -2.73. The zero-order valence-electron chi connectivity index (χ0n) is 17.8. The number of hydrogen-bond donors (Lipinski definition) is 9. The summed E-state index contributed by atoms with van der Waals surface area (Å²) in [5, 5.41) is 82.3. The van der Waals surface area contributed by atoms with E-state index < -0.39 is 80.3 Å². The van der Waals surface area contributed by atoms with Crippen molar-refractivity contribution < 1.29 is 64.6 Å². The summed E-state index contributed by atoms with van der Waals surface area (Å²) in [5.74, 6) is 0. The molecule has 0 aliphatic carbocycles. The maximum Gasteiger partial charge on any atom is 0.409 e. The molecule has 0 bridgehead atoms. The number of hydrogen-bond acceptors (Lipinski definition) is 13. The molecule has 2 aliphatic heterocycles. The molecule has 0 aromatic heterocycles. The first-order valence-electron chi connectivity index (χ1n) is 10.4. The van der Waals surface area contributed by atoms with Crippen LogP contribution in [0.1, 0.15) is 5.56 Å². The average Bonchev–Trinajstić information content (AvgIpc) is 2.84. The van der Waals surface area contributed by atoms with Crippen molar-refractivity contribution in [2.24, 2.45) is 0 Å². The third kappa shape index (κ3) is 5.48. The van der Waals surface area contributed by atoms with Crippen molar-refractivity contribution in [3.63, 3.8) is 0 Å². The fourth-order valence-corrected chi connectivity index (χ4v) is 3.67. The lowest BCUT2D eigenvalue weighted by atomic mass is 9.93. The normalized spacial score (nSPS) is 40.5. The van der Waals surface area contributed by atoms with Gasteiger partial charge in [-0.1, -0.05) is 30.3 Å². The van der Waals surface area contributed by atoms with Crippen molar-refractivity contribution in [1.82, 2.24) is 5.32 Å². The molecule has 10 atom stereocenters. The van der Waals surface area contributed by atoms with Gasteiger partial charge in [0.2, 0.25) is 0 Å². The minimum Gasteiger partial charge on any atom is -0.445 e. The first kappa shape index (κ1) is 26.7. The van der Waals surface area contributed by atoms with E-state index in [9.17, 15) is 45.6 Å². The Hall–Kier alpha value is -1.95. The van der Waals surface area contributed by atoms with E-state index in [1.807, 2.05) is 0 Å². The maximum absolute atomic E-state index is 12.3. The number of amides is 1. The second kappa shape index (κ2) is 11.2. The third-order valence-corrected chi connectivity index (χ3v) is 5.65. The van der Waals surface area contributed by atoms with E-state index in [1.54, 1.807) is 30.3 Å². The Bertz CT molecular complexity index is 798. The van der Waals surface area contributed by atoms with Gasteiger partial charge in [0.05, 0.1) is 13.2 Å². The number of aliphatic hydroxyl groups is 8. The van der Waals surface area contributed by atoms with Crippen LogP contribution in [-0.2, 0) is 25.6 Å². The van der Waals surface area contributed by atoms with Gasteiger partial charge in [0.25, 0.3) is 0 Å². The van der Waals surface area contributed by atoms with Gasteiger partial charge in [0, 0.05) is 0 Å². The van der Waals surface area contributed by atoms with Gasteiger partial charge in [0.1, 0.15) is 49.3 Å². The molecular formula is C20H29NO13. The van der Waals surface area contributed by atoms with Crippen molar-refractivity contribution in [2.45, 2.75) is 67.6 Å². The number of ether oxygens (including phenoxy) is 4. The van der Waals surface area contributed by atoms with Crippen LogP contribution in [0.25, 0.3) is 0 Å². The largest absolute Gasteiger partial charge is 0.445 e. The van der Waals surface area contributed by atoms with E-state index in [0.717, 1.165) is 0 Å². The smallest absolute Gasteiger partial charge is 0.409 e. The van der Waals surface area contributed by atoms with Crippen LogP contribution in [0.15, 0.2) is 30.3 Å². The van der Waals surface area contributed by atoms with Crippen molar-refractivity contribution in [2.75, 3.05) is 13.2 Å². The highest BCUT2D eigenvalue weighted by Crippen LogP contribution is 2.32. The molecule has 3 rings (SSSR count). The summed E-state index contributed by atoms with van der Waals surface area (Å²) in [6.07, 6.45) is -17.6. The zero-order valence-corrected chi connectivity index (χ0v) is 17.8. The monoisotopic (exact) mass is 491 g/mol. The van der Waals surface area contributed by atoms with Crippen molar-refractivity contribution in [1.29, 1.82) is 0 Å². The van der Waals surface area contributed by atoms with Crippen molar-refractivity contribution in [3.05, 3.63) is 35.9 Å². The van der Waals surface area contributed by atoms with E-state index >= 15 is 0 Å². The molecule has 14 nitrogen and oxygen atoms in total. The molecule has 0 spiro atoms. The summed E-state index contributed by atoms with van der Waals surface area (Å²) in [5.41, 5.74) is -1.77. The van der Waals surface area contributed by atoms with E-state index in [2.05, 4.69) is 5.32 Å². The van der Waals surface area contributed by atoms with Gasteiger partial charge < -0.3 is 59.8 Å². The summed E-state index contributed by atoms with van der Waals surface area (Å²) in [4.78, 5) is 12.3. The first-order chi connectivity index (χ1) is 16.1. The highest BCUT2D eigenvalue weighted by molar-refractivity contribution is 5.68. The minimum atomic E-state index is -2.41. The first-order valence-corrected chi connectivity index (χ1v) is 10.4. The van der Waals surface area contributed by atoms with E-state index in [0.29, 0.717) is 5.56 Å². The Morgan fingerprint density at radius 1 is 0.971 bits per heavy atom. The van der Waals surface area contributed by atoms with Crippen LogP contribution >= 0.6 is 0 Å². The second-order valence-electron chi connectivity index (χ2n) is 7.98. The molecule has 1 aromatic carbocycles. The average molecular weight is 491 g/mol. The Morgan fingerprint density at radius 3 is 2.26 bits per heavy atom. The van der Waals surface area contributed by atoms with Crippen LogP contribution in [0.5, 0.6) is 0 Å². The number of rotatable bonds is 7. The van der Waals surface area contributed by atoms with Crippen LogP contribution in [0, 0.1) is 0 Å². The summed E-state index contributed by atoms with van der Waals surface area (Å²) in [6, 6.07) is 8.58. The standard InChI is InChI=1S/C20H29NO13/c22-6-10-15(11(24)13(26)17(29)32-10)33-18-14(27)12(25)16(28)20(8-23,34-18)21-19(30)31-7-9-4-2-1-3-5-9/h1-5,10-18,22-29H,6-8H2,(H,21,30)/t10-,11-,12-,13-,14-,15-,16-,17-,18+,20-/m1/s1. The summed E-state index contributed by atoms with van der Waals surface area (Å²) >= 11 is 0. The van der Waals surface area contributed by atoms with E-state index in [1.165, 1.54) is 0 Å². The molecule has 0 unspecified atom stereocenters. The van der Waals surface area contributed by atoms with Crippen LogP contribution in [-0.4, -0.2) is 121 Å². The Balaban J connectivity index is 1.74. The number of nitrogens with one attached hydrogen (secondary N) is 1. The highest BCUT2D eigenvalue weighted by atomic mass is 16.7. The van der Waals surface area contributed by atoms with Crippen LogP contribution < -0.4 is 5.32 Å². The number of aliphatic hydroxyl groups excluding tert-OH is 8. The van der Waals surface area contributed by atoms with E-state index in [4.69, 9.17) is 18.9 Å². The Kier molecular flexibility index (Phi) is 8.77. The van der Waals surface area contributed by atoms with Gasteiger partial charge in [-0.05, 0) is 5.56 Å². The summed E-state index contributed by atoms with van der Waals surface area (Å²) < 4.78 is 20.8. The Labute approximate surface area is 193 Å². The van der Waals surface area contributed by atoms with Gasteiger partial charge in [-0.15, -0.1) is 0 Å². The van der Waals surface area contributed by atoms with Crippen molar-refractivity contribution in [3.8, 4) is 0 Å². The molecule has 192 valence electrons. The molecule has 2 saturated heterocycles. The molecule has 2 heterocycles.